The molecule has 0 saturated carbocycles. The molecule has 120 valence electrons. The predicted molar refractivity (Wildman–Crippen MR) is 77.3 cm³/mol. The van der Waals surface area contributed by atoms with Crippen molar-refractivity contribution in [2.24, 2.45) is 5.16 Å². The number of rotatable bonds is 0. The molecule has 1 saturated heterocycles. The van der Waals surface area contributed by atoms with Crippen molar-refractivity contribution in [2.75, 3.05) is 13.1 Å². The van der Waals surface area contributed by atoms with Crippen LogP contribution in [0.2, 0.25) is 0 Å². The average molecular weight is 300 g/mol. The molecule has 7 heteroatoms. The number of carboxylic acids is 1. The average Bonchev–Trinajstić information content (AvgIpc) is 2.75. The van der Waals surface area contributed by atoms with Gasteiger partial charge >= 0.3 is 6.09 Å². The van der Waals surface area contributed by atoms with Crippen LogP contribution in [0.3, 0.4) is 0 Å². The van der Waals surface area contributed by atoms with Gasteiger partial charge in [0.1, 0.15) is 11.2 Å². The highest BCUT2D eigenvalue weighted by Gasteiger charge is 2.40. The summed E-state index contributed by atoms with van der Waals surface area (Å²) in [4.78, 5) is 28.0. The van der Waals surface area contributed by atoms with Crippen LogP contribution in [0.1, 0.15) is 47.0 Å². The van der Waals surface area contributed by atoms with E-state index in [9.17, 15) is 4.79 Å². The largest absolute Gasteiger partial charge is 0.481 e. The molecular formula is C14H24N2O5. The van der Waals surface area contributed by atoms with Crippen molar-refractivity contribution in [2.45, 2.75) is 58.2 Å². The molecule has 2 rings (SSSR count). The van der Waals surface area contributed by atoms with Crippen molar-refractivity contribution in [3.05, 3.63) is 0 Å². The van der Waals surface area contributed by atoms with E-state index in [0.29, 0.717) is 13.1 Å². The van der Waals surface area contributed by atoms with Gasteiger partial charge in [0.2, 0.25) is 0 Å². The van der Waals surface area contributed by atoms with Crippen LogP contribution in [-0.2, 0) is 14.4 Å². The molecule has 0 aromatic rings. The Kier molecular flexibility index (Phi) is 5.57. The standard InChI is InChI=1S/C12H20N2O3.C2H4O2/c1-11(2,3)16-10(15)14-8-5-12(6-9-14)4-7-13-17-12;1-2(3)4/h7H,4-6,8-9H2,1-3H3;1H3,(H,3,4). The highest BCUT2D eigenvalue weighted by molar-refractivity contribution is 5.68. The Labute approximate surface area is 124 Å². The van der Waals surface area contributed by atoms with Gasteiger partial charge in [0.25, 0.3) is 5.97 Å². The second-order valence-electron chi connectivity index (χ2n) is 6.25. The number of amides is 1. The third kappa shape index (κ3) is 6.01. The summed E-state index contributed by atoms with van der Waals surface area (Å²) in [5, 5.41) is 11.2. The number of hydrogen-bond acceptors (Lipinski definition) is 5. The third-order valence-corrected chi connectivity index (χ3v) is 3.11. The third-order valence-electron chi connectivity index (χ3n) is 3.11. The maximum Gasteiger partial charge on any atom is 0.410 e. The number of likely N-dealkylation sites (tertiary alicyclic amines) is 1. The number of aliphatic carboxylic acids is 1. The molecule has 0 atom stereocenters. The van der Waals surface area contributed by atoms with Gasteiger partial charge in [-0.1, -0.05) is 5.16 Å². The summed E-state index contributed by atoms with van der Waals surface area (Å²) in [5.41, 5.74) is -0.586. The van der Waals surface area contributed by atoms with Crippen molar-refractivity contribution in [1.29, 1.82) is 0 Å². The van der Waals surface area contributed by atoms with Gasteiger partial charge in [0.15, 0.2) is 0 Å². The Balaban J connectivity index is 0.000000491. The molecular weight excluding hydrogens is 276 g/mol. The minimum absolute atomic E-state index is 0.154. The van der Waals surface area contributed by atoms with Crippen molar-refractivity contribution >= 4 is 18.3 Å². The van der Waals surface area contributed by atoms with Crippen molar-refractivity contribution in [3.63, 3.8) is 0 Å². The Morgan fingerprint density at radius 2 is 1.86 bits per heavy atom. The van der Waals surface area contributed by atoms with Gasteiger partial charge in [0.05, 0.1) is 0 Å². The number of ether oxygens (including phenoxy) is 1. The lowest BCUT2D eigenvalue weighted by Gasteiger charge is -2.37. The quantitative estimate of drug-likeness (QED) is 0.741. The monoisotopic (exact) mass is 300 g/mol. The molecule has 1 N–H and O–H groups in total. The fraction of sp³-hybridized carbons (Fsp3) is 0.786. The number of hydrogen-bond donors (Lipinski definition) is 1. The first-order valence-electron chi connectivity index (χ1n) is 7.01. The molecule has 2 aliphatic heterocycles. The Bertz CT molecular complexity index is 392. The normalized spacial score (nSPS) is 19.5. The highest BCUT2D eigenvalue weighted by Crippen LogP contribution is 2.32. The van der Waals surface area contributed by atoms with Gasteiger partial charge in [-0.2, -0.15) is 0 Å². The first-order valence-corrected chi connectivity index (χ1v) is 7.01. The van der Waals surface area contributed by atoms with Crippen molar-refractivity contribution < 1.29 is 24.3 Å². The molecule has 1 fully saturated rings. The summed E-state index contributed by atoms with van der Waals surface area (Å²) in [5.74, 6) is -0.833. The number of carboxylic acid groups (broad SMARTS) is 1. The van der Waals surface area contributed by atoms with E-state index in [-0.39, 0.29) is 11.7 Å². The summed E-state index contributed by atoms with van der Waals surface area (Å²) < 4.78 is 5.34. The van der Waals surface area contributed by atoms with Crippen molar-refractivity contribution in [1.82, 2.24) is 4.90 Å². The van der Waals surface area contributed by atoms with E-state index in [4.69, 9.17) is 19.5 Å². The van der Waals surface area contributed by atoms with E-state index < -0.39 is 11.6 Å². The fourth-order valence-electron chi connectivity index (χ4n) is 2.11. The Morgan fingerprint density at radius 1 is 1.33 bits per heavy atom. The SMILES string of the molecule is CC(=O)O.CC(C)(C)OC(=O)N1CCC2(CC=NO2)CC1. The van der Waals surface area contributed by atoms with Crippen LogP contribution in [0.5, 0.6) is 0 Å². The van der Waals surface area contributed by atoms with Gasteiger partial charge in [0, 0.05) is 45.5 Å². The van der Waals surface area contributed by atoms with Gasteiger partial charge in [-0.3, -0.25) is 4.79 Å². The number of nitrogens with zero attached hydrogens (tertiary/aromatic N) is 2. The van der Waals surface area contributed by atoms with Crippen LogP contribution < -0.4 is 0 Å². The predicted octanol–water partition coefficient (Wildman–Crippen LogP) is 2.25. The number of piperidine rings is 1. The van der Waals surface area contributed by atoms with Gasteiger partial charge < -0.3 is 19.6 Å². The lowest BCUT2D eigenvalue weighted by molar-refractivity contribution is -0.134. The fourth-order valence-corrected chi connectivity index (χ4v) is 2.11. The molecule has 0 aromatic heterocycles. The molecule has 21 heavy (non-hydrogen) atoms. The van der Waals surface area contributed by atoms with Crippen molar-refractivity contribution in [3.8, 4) is 0 Å². The summed E-state index contributed by atoms with van der Waals surface area (Å²) in [6.45, 7) is 8.08. The molecule has 0 aliphatic carbocycles. The molecule has 2 heterocycles. The first kappa shape index (κ1) is 17.3. The molecule has 2 aliphatic rings. The van der Waals surface area contributed by atoms with E-state index in [1.165, 1.54) is 0 Å². The van der Waals surface area contributed by atoms with Crippen LogP contribution in [-0.4, -0.2) is 52.6 Å². The second-order valence-corrected chi connectivity index (χ2v) is 6.25. The number of oxime groups is 1. The topological polar surface area (TPSA) is 88.4 Å². The van der Waals surface area contributed by atoms with E-state index in [0.717, 1.165) is 26.2 Å². The zero-order chi connectivity index (χ0) is 16.1. The van der Waals surface area contributed by atoms with Gasteiger partial charge in [-0.05, 0) is 20.8 Å². The Hall–Kier alpha value is -1.79. The van der Waals surface area contributed by atoms with Crippen LogP contribution in [0, 0.1) is 0 Å². The maximum atomic E-state index is 11.8. The molecule has 0 bridgehead atoms. The zero-order valence-electron chi connectivity index (χ0n) is 13.1. The minimum atomic E-state index is -0.833. The number of carbonyl (C=O) groups is 2. The van der Waals surface area contributed by atoms with Gasteiger partial charge in [-0.15, -0.1) is 0 Å². The first-order chi connectivity index (χ1) is 9.64. The summed E-state index contributed by atoms with van der Waals surface area (Å²) in [6, 6.07) is 0. The lowest BCUT2D eigenvalue weighted by atomic mass is 9.89. The lowest BCUT2D eigenvalue weighted by Crippen LogP contribution is -2.47. The number of carbonyl (C=O) groups excluding carboxylic acids is 1. The van der Waals surface area contributed by atoms with E-state index >= 15 is 0 Å². The van der Waals surface area contributed by atoms with Crippen LogP contribution in [0.15, 0.2) is 5.16 Å². The van der Waals surface area contributed by atoms with E-state index in [1.54, 1.807) is 4.90 Å². The highest BCUT2D eigenvalue weighted by atomic mass is 16.7. The maximum absolute atomic E-state index is 11.8. The summed E-state index contributed by atoms with van der Waals surface area (Å²) in [7, 11) is 0. The second kappa shape index (κ2) is 6.78. The van der Waals surface area contributed by atoms with E-state index in [1.807, 2.05) is 27.0 Å². The molecule has 0 unspecified atom stereocenters. The Morgan fingerprint density at radius 3 is 2.24 bits per heavy atom. The zero-order valence-corrected chi connectivity index (χ0v) is 13.1. The van der Waals surface area contributed by atoms with Crippen LogP contribution >= 0.6 is 0 Å². The molecule has 1 amide bonds. The minimum Gasteiger partial charge on any atom is -0.481 e. The van der Waals surface area contributed by atoms with Gasteiger partial charge in [-0.25, -0.2) is 4.79 Å². The summed E-state index contributed by atoms with van der Waals surface area (Å²) in [6.07, 6.45) is 4.09. The smallest absolute Gasteiger partial charge is 0.410 e. The molecule has 0 radical (unpaired) electrons. The van der Waals surface area contributed by atoms with Crippen LogP contribution in [0.25, 0.3) is 0 Å². The molecule has 0 aromatic carbocycles. The summed E-state index contributed by atoms with van der Waals surface area (Å²) >= 11 is 0. The molecule has 7 nitrogen and oxygen atoms in total. The molecule has 1 spiro atoms. The van der Waals surface area contributed by atoms with E-state index in [2.05, 4.69) is 5.16 Å². The van der Waals surface area contributed by atoms with Crippen LogP contribution in [0.4, 0.5) is 4.79 Å².